The Morgan fingerprint density at radius 3 is 2.56 bits per heavy atom. The summed E-state index contributed by atoms with van der Waals surface area (Å²) in [6.45, 7) is 2.36. The highest BCUT2D eigenvalue weighted by atomic mass is 35.5. The van der Waals surface area contributed by atoms with Crippen LogP contribution in [0.1, 0.15) is 18.4 Å². The summed E-state index contributed by atoms with van der Waals surface area (Å²) in [5.74, 6) is -0.335. The lowest BCUT2D eigenvalue weighted by Gasteiger charge is -2.23. The third kappa shape index (κ3) is 4.46. The molecule has 5 rings (SSSR count). The lowest BCUT2D eigenvalue weighted by Crippen LogP contribution is -2.43. The van der Waals surface area contributed by atoms with Gasteiger partial charge in [0, 0.05) is 22.8 Å². The van der Waals surface area contributed by atoms with Gasteiger partial charge in [0.2, 0.25) is 15.9 Å². The monoisotopic (exact) mass is 511 g/mol. The van der Waals surface area contributed by atoms with Crippen molar-refractivity contribution >= 4 is 54.8 Å². The van der Waals surface area contributed by atoms with E-state index in [2.05, 4.69) is 18.3 Å². The number of sulfonamides is 1. The Balaban J connectivity index is 1.32. The van der Waals surface area contributed by atoms with Crippen LogP contribution in [0.25, 0.3) is 20.8 Å². The molecule has 0 radical (unpaired) electrons. The van der Waals surface area contributed by atoms with Gasteiger partial charge in [0.1, 0.15) is 11.0 Å². The van der Waals surface area contributed by atoms with Crippen molar-refractivity contribution in [1.29, 1.82) is 0 Å². The van der Waals surface area contributed by atoms with Gasteiger partial charge in [-0.3, -0.25) is 4.79 Å². The second-order valence-corrected chi connectivity index (χ2v) is 11.6. The number of rotatable bonds is 5. The maximum absolute atomic E-state index is 13.1. The van der Waals surface area contributed by atoms with Gasteiger partial charge in [0.05, 0.1) is 15.1 Å². The van der Waals surface area contributed by atoms with Crippen molar-refractivity contribution in [3.05, 3.63) is 77.3 Å². The molecule has 1 saturated heterocycles. The first-order chi connectivity index (χ1) is 16.3. The van der Waals surface area contributed by atoms with Crippen molar-refractivity contribution in [2.24, 2.45) is 0 Å². The number of fused-ring (bicyclic) bond motifs is 1. The zero-order valence-corrected chi connectivity index (χ0v) is 20.8. The highest BCUT2D eigenvalue weighted by Gasteiger charge is 2.39. The number of hydrogen-bond acceptors (Lipinski definition) is 5. The van der Waals surface area contributed by atoms with Crippen LogP contribution in [0.4, 0.5) is 5.69 Å². The van der Waals surface area contributed by atoms with Gasteiger partial charge in [-0.1, -0.05) is 17.7 Å². The summed E-state index contributed by atoms with van der Waals surface area (Å²) >= 11 is 7.52. The molecule has 0 aliphatic carbocycles. The fourth-order valence-electron chi connectivity index (χ4n) is 4.11. The maximum Gasteiger partial charge on any atom is 0.243 e. The van der Waals surface area contributed by atoms with E-state index in [0.29, 0.717) is 30.1 Å². The second-order valence-electron chi connectivity index (χ2n) is 8.28. The average Bonchev–Trinajstić information content (AvgIpc) is 3.47. The third-order valence-electron chi connectivity index (χ3n) is 5.87. The largest absolute Gasteiger partial charge is 0.325 e. The summed E-state index contributed by atoms with van der Waals surface area (Å²) in [6, 6.07) is 18.9. The number of carbonyl (C=O) groups is 1. The molecule has 2 heterocycles. The number of benzene rings is 3. The Bertz CT molecular complexity index is 1470. The number of thiazole rings is 1. The molecule has 1 amide bonds. The molecule has 0 bridgehead atoms. The normalized spacial score (nSPS) is 16.7. The van der Waals surface area contributed by atoms with Crippen LogP contribution in [0.2, 0.25) is 5.02 Å². The molecule has 174 valence electrons. The summed E-state index contributed by atoms with van der Waals surface area (Å²) < 4.78 is 28.6. The maximum atomic E-state index is 13.1. The van der Waals surface area contributed by atoms with Gasteiger partial charge in [0.15, 0.2) is 0 Å². The minimum absolute atomic E-state index is 0.131. The van der Waals surface area contributed by atoms with E-state index in [1.807, 2.05) is 36.4 Å². The fourth-order valence-corrected chi connectivity index (χ4v) is 6.96. The van der Waals surface area contributed by atoms with Gasteiger partial charge in [-0.2, -0.15) is 4.31 Å². The number of aryl methyl sites for hydroxylation is 1. The molecule has 1 atom stereocenters. The van der Waals surface area contributed by atoms with E-state index in [1.165, 1.54) is 34.1 Å². The number of nitrogens with zero attached hydrogens (tertiary/aromatic N) is 2. The molecule has 34 heavy (non-hydrogen) atoms. The van der Waals surface area contributed by atoms with E-state index in [-0.39, 0.29) is 10.8 Å². The Kier molecular flexibility index (Phi) is 6.16. The minimum Gasteiger partial charge on any atom is -0.325 e. The number of anilines is 1. The molecule has 0 saturated carbocycles. The summed E-state index contributed by atoms with van der Waals surface area (Å²) in [7, 11) is -3.79. The predicted molar refractivity (Wildman–Crippen MR) is 137 cm³/mol. The van der Waals surface area contributed by atoms with Crippen LogP contribution in [0, 0.1) is 6.92 Å². The fraction of sp³-hybridized carbons (Fsp3) is 0.200. The highest BCUT2D eigenvalue weighted by molar-refractivity contribution is 7.89. The van der Waals surface area contributed by atoms with Crippen molar-refractivity contribution in [3.63, 3.8) is 0 Å². The van der Waals surface area contributed by atoms with Crippen LogP contribution in [0.3, 0.4) is 0 Å². The first-order valence-corrected chi connectivity index (χ1v) is 13.5. The van der Waals surface area contributed by atoms with Gasteiger partial charge in [-0.15, -0.1) is 11.3 Å². The molecule has 1 aliphatic rings. The Labute approximate surface area is 207 Å². The van der Waals surface area contributed by atoms with Crippen LogP contribution in [-0.4, -0.2) is 36.2 Å². The van der Waals surface area contributed by atoms with Crippen molar-refractivity contribution in [2.45, 2.75) is 30.7 Å². The Morgan fingerprint density at radius 2 is 1.82 bits per heavy atom. The SMILES string of the molecule is Cc1ccc2nc(-c3ccc(NC(=O)[C@H]4CCCN4S(=O)(=O)c4ccc(Cl)cc4)cc3)sc2c1. The topological polar surface area (TPSA) is 79.4 Å². The van der Waals surface area contributed by atoms with E-state index in [0.717, 1.165) is 20.8 Å². The average molecular weight is 512 g/mol. The summed E-state index contributed by atoms with van der Waals surface area (Å²) in [4.78, 5) is 17.8. The van der Waals surface area contributed by atoms with Gasteiger partial charge < -0.3 is 5.32 Å². The van der Waals surface area contributed by atoms with Crippen LogP contribution in [0.15, 0.2) is 71.6 Å². The number of halogens is 1. The molecule has 1 aromatic heterocycles. The number of hydrogen-bond donors (Lipinski definition) is 1. The molecule has 0 unspecified atom stereocenters. The summed E-state index contributed by atoms with van der Waals surface area (Å²) in [5, 5.41) is 4.25. The van der Waals surface area contributed by atoms with Crippen LogP contribution >= 0.6 is 22.9 Å². The molecule has 4 aromatic rings. The molecule has 6 nitrogen and oxygen atoms in total. The zero-order chi connectivity index (χ0) is 23.9. The molecule has 9 heteroatoms. The van der Waals surface area contributed by atoms with Crippen LogP contribution < -0.4 is 5.32 Å². The lowest BCUT2D eigenvalue weighted by molar-refractivity contribution is -0.119. The standard InChI is InChI=1S/C25H22ClN3O3S2/c1-16-4-13-21-23(15-16)33-25(28-21)17-5-9-19(10-6-17)27-24(30)22-3-2-14-29(22)34(31,32)20-11-7-18(26)8-12-20/h4-13,15,22H,2-3,14H2,1H3,(H,27,30)/t22-/m1/s1. The summed E-state index contributed by atoms with van der Waals surface area (Å²) in [5.41, 5.74) is 3.73. The molecular formula is C25H22ClN3O3S2. The van der Waals surface area contributed by atoms with E-state index in [1.54, 1.807) is 11.3 Å². The molecule has 1 aliphatic heterocycles. The van der Waals surface area contributed by atoms with Crippen LogP contribution in [0.5, 0.6) is 0 Å². The van der Waals surface area contributed by atoms with E-state index < -0.39 is 16.1 Å². The highest BCUT2D eigenvalue weighted by Crippen LogP contribution is 2.32. The third-order valence-corrected chi connectivity index (χ3v) is 9.11. The van der Waals surface area contributed by atoms with Gasteiger partial charge in [-0.25, -0.2) is 13.4 Å². The quantitative estimate of drug-likeness (QED) is 0.372. The van der Waals surface area contributed by atoms with Crippen molar-refractivity contribution in [3.8, 4) is 10.6 Å². The van der Waals surface area contributed by atoms with Crippen molar-refractivity contribution < 1.29 is 13.2 Å². The minimum atomic E-state index is -3.79. The van der Waals surface area contributed by atoms with Gasteiger partial charge in [-0.05, 0) is 86.0 Å². The first kappa shape index (κ1) is 23.0. The van der Waals surface area contributed by atoms with Gasteiger partial charge in [0.25, 0.3) is 0 Å². The van der Waals surface area contributed by atoms with Gasteiger partial charge >= 0.3 is 0 Å². The Hall–Kier alpha value is -2.78. The molecule has 0 spiro atoms. The number of nitrogens with one attached hydrogen (secondary N) is 1. The summed E-state index contributed by atoms with van der Waals surface area (Å²) in [6.07, 6.45) is 1.10. The first-order valence-electron chi connectivity index (χ1n) is 10.9. The molecular weight excluding hydrogens is 490 g/mol. The number of amides is 1. The zero-order valence-electron chi connectivity index (χ0n) is 18.4. The number of aromatic nitrogens is 1. The van der Waals surface area contributed by atoms with E-state index in [4.69, 9.17) is 16.6 Å². The van der Waals surface area contributed by atoms with Crippen molar-refractivity contribution in [1.82, 2.24) is 9.29 Å². The smallest absolute Gasteiger partial charge is 0.243 e. The van der Waals surface area contributed by atoms with E-state index >= 15 is 0 Å². The molecule has 1 N–H and O–H groups in total. The molecule has 1 fully saturated rings. The predicted octanol–water partition coefficient (Wildman–Crippen LogP) is 5.72. The van der Waals surface area contributed by atoms with Crippen molar-refractivity contribution in [2.75, 3.05) is 11.9 Å². The Morgan fingerprint density at radius 1 is 1.09 bits per heavy atom. The number of carbonyl (C=O) groups excluding carboxylic acids is 1. The second kappa shape index (κ2) is 9.11. The lowest BCUT2D eigenvalue weighted by atomic mass is 10.2. The molecule has 3 aromatic carbocycles. The van der Waals surface area contributed by atoms with E-state index in [9.17, 15) is 13.2 Å². The van der Waals surface area contributed by atoms with Crippen LogP contribution in [-0.2, 0) is 14.8 Å².